The number of carbonyl (C=O) groups is 1. The highest BCUT2D eigenvalue weighted by Crippen LogP contribution is 2.36. The van der Waals surface area contributed by atoms with Gasteiger partial charge in [0.1, 0.15) is 0 Å². The highest BCUT2D eigenvalue weighted by molar-refractivity contribution is 6.21. The average Bonchev–Trinajstić information content (AvgIpc) is 2.45. The predicted molar refractivity (Wildman–Crippen MR) is 53.4 cm³/mol. The number of ketones is 1. The lowest BCUT2D eigenvalue weighted by atomic mass is 9.99. The fourth-order valence-corrected chi connectivity index (χ4v) is 2.13. The van der Waals surface area contributed by atoms with Crippen molar-refractivity contribution in [3.8, 4) is 0 Å². The number of Topliss-reactive ketones (excluding diaryl/α,β-unsaturated/α-hetero) is 1. The van der Waals surface area contributed by atoms with Crippen molar-refractivity contribution in [1.29, 1.82) is 0 Å². The van der Waals surface area contributed by atoms with Gasteiger partial charge in [-0.3, -0.25) is 4.79 Å². The summed E-state index contributed by atoms with van der Waals surface area (Å²) in [5.74, 6) is 0.443. The standard InChI is InChI=1S/C11H11ClO/c1-7(12)10-6-11(13)9-5-3-2-4-8(9)10/h2-5,7,10H,6H2,1H3. The van der Waals surface area contributed by atoms with Crippen molar-refractivity contribution in [3.05, 3.63) is 35.4 Å². The van der Waals surface area contributed by atoms with Crippen LogP contribution in [0.3, 0.4) is 0 Å². The van der Waals surface area contributed by atoms with Crippen molar-refractivity contribution >= 4 is 17.4 Å². The molecule has 0 saturated heterocycles. The minimum Gasteiger partial charge on any atom is -0.294 e. The number of alkyl halides is 1. The zero-order valence-corrected chi connectivity index (χ0v) is 8.21. The monoisotopic (exact) mass is 194 g/mol. The fourth-order valence-electron chi connectivity index (χ4n) is 1.90. The molecule has 1 aliphatic rings. The molecule has 0 spiro atoms. The molecule has 2 unspecified atom stereocenters. The van der Waals surface area contributed by atoms with E-state index in [0.29, 0.717) is 6.42 Å². The molecule has 0 bridgehead atoms. The summed E-state index contributed by atoms with van der Waals surface area (Å²) in [5, 5.41) is 0.0348. The first-order valence-corrected chi connectivity index (χ1v) is 4.90. The van der Waals surface area contributed by atoms with Gasteiger partial charge >= 0.3 is 0 Å². The molecule has 1 aliphatic carbocycles. The van der Waals surface area contributed by atoms with Crippen LogP contribution in [0, 0.1) is 0 Å². The van der Waals surface area contributed by atoms with Gasteiger partial charge < -0.3 is 0 Å². The van der Waals surface area contributed by atoms with Crippen LogP contribution in [0.15, 0.2) is 24.3 Å². The smallest absolute Gasteiger partial charge is 0.163 e. The zero-order valence-electron chi connectivity index (χ0n) is 7.46. The Balaban J connectivity index is 2.47. The number of benzene rings is 1. The van der Waals surface area contributed by atoms with Gasteiger partial charge in [-0.25, -0.2) is 0 Å². The van der Waals surface area contributed by atoms with E-state index in [9.17, 15) is 4.79 Å². The molecule has 0 aromatic heterocycles. The van der Waals surface area contributed by atoms with Crippen LogP contribution in [0.5, 0.6) is 0 Å². The first-order valence-electron chi connectivity index (χ1n) is 4.46. The number of fused-ring (bicyclic) bond motifs is 1. The Bertz CT molecular complexity index is 344. The number of halogens is 1. The molecular formula is C11H11ClO. The van der Waals surface area contributed by atoms with E-state index in [1.165, 1.54) is 0 Å². The van der Waals surface area contributed by atoms with Gasteiger partial charge in [0, 0.05) is 23.3 Å². The third-order valence-electron chi connectivity index (χ3n) is 2.62. The van der Waals surface area contributed by atoms with Crippen molar-refractivity contribution in [2.75, 3.05) is 0 Å². The van der Waals surface area contributed by atoms with E-state index >= 15 is 0 Å². The maximum atomic E-state index is 11.5. The maximum Gasteiger partial charge on any atom is 0.163 e. The number of rotatable bonds is 1. The third kappa shape index (κ3) is 1.37. The second-order valence-electron chi connectivity index (χ2n) is 3.50. The average molecular weight is 195 g/mol. The summed E-state index contributed by atoms with van der Waals surface area (Å²) in [7, 11) is 0. The molecule has 0 aliphatic heterocycles. The largest absolute Gasteiger partial charge is 0.294 e. The fraction of sp³-hybridized carbons (Fsp3) is 0.364. The first kappa shape index (κ1) is 8.76. The van der Waals surface area contributed by atoms with E-state index in [4.69, 9.17) is 11.6 Å². The zero-order chi connectivity index (χ0) is 9.42. The van der Waals surface area contributed by atoms with Crippen molar-refractivity contribution in [3.63, 3.8) is 0 Å². The molecule has 0 radical (unpaired) electrons. The lowest BCUT2D eigenvalue weighted by Gasteiger charge is -2.11. The topological polar surface area (TPSA) is 17.1 Å². The Morgan fingerprint density at radius 1 is 1.46 bits per heavy atom. The van der Waals surface area contributed by atoms with E-state index in [-0.39, 0.29) is 17.1 Å². The van der Waals surface area contributed by atoms with Crippen LogP contribution in [-0.4, -0.2) is 11.2 Å². The van der Waals surface area contributed by atoms with Crippen molar-refractivity contribution < 1.29 is 4.79 Å². The van der Waals surface area contributed by atoms with Gasteiger partial charge in [-0.2, -0.15) is 0 Å². The molecule has 1 aromatic carbocycles. The Kier molecular flexibility index (Phi) is 2.12. The molecular weight excluding hydrogens is 184 g/mol. The molecule has 2 heteroatoms. The Morgan fingerprint density at radius 3 is 2.85 bits per heavy atom. The second-order valence-corrected chi connectivity index (χ2v) is 4.19. The van der Waals surface area contributed by atoms with E-state index in [1.54, 1.807) is 0 Å². The number of hydrogen-bond donors (Lipinski definition) is 0. The molecule has 68 valence electrons. The minimum absolute atomic E-state index is 0.0348. The predicted octanol–water partition coefficient (Wildman–Crippen LogP) is 2.98. The van der Waals surface area contributed by atoms with Gasteiger partial charge in [-0.05, 0) is 12.5 Å². The molecule has 0 N–H and O–H groups in total. The highest BCUT2D eigenvalue weighted by atomic mass is 35.5. The summed E-state index contributed by atoms with van der Waals surface area (Å²) in [4.78, 5) is 11.5. The summed E-state index contributed by atoms with van der Waals surface area (Å²) >= 11 is 6.02. The summed E-state index contributed by atoms with van der Waals surface area (Å²) in [6.45, 7) is 1.95. The quantitative estimate of drug-likeness (QED) is 0.629. The van der Waals surface area contributed by atoms with Crippen LogP contribution >= 0.6 is 11.6 Å². The van der Waals surface area contributed by atoms with Crippen LogP contribution in [-0.2, 0) is 0 Å². The van der Waals surface area contributed by atoms with E-state index in [1.807, 2.05) is 31.2 Å². The van der Waals surface area contributed by atoms with Gasteiger partial charge in [0.15, 0.2) is 5.78 Å². The summed E-state index contributed by atoms with van der Waals surface area (Å²) in [5.41, 5.74) is 1.98. The summed E-state index contributed by atoms with van der Waals surface area (Å²) in [6.07, 6.45) is 0.573. The van der Waals surface area contributed by atoms with Crippen LogP contribution in [0.4, 0.5) is 0 Å². The molecule has 1 nitrogen and oxygen atoms in total. The van der Waals surface area contributed by atoms with Gasteiger partial charge in [0.05, 0.1) is 0 Å². The number of hydrogen-bond acceptors (Lipinski definition) is 1. The SMILES string of the molecule is CC(Cl)C1CC(=O)c2ccccc21. The normalized spacial score (nSPS) is 22.9. The molecule has 1 aromatic rings. The lowest BCUT2D eigenvalue weighted by Crippen LogP contribution is -2.05. The molecule has 13 heavy (non-hydrogen) atoms. The lowest BCUT2D eigenvalue weighted by molar-refractivity contribution is 0.0988. The van der Waals surface area contributed by atoms with E-state index < -0.39 is 0 Å². The van der Waals surface area contributed by atoms with Crippen LogP contribution in [0.1, 0.15) is 35.2 Å². The molecule has 0 saturated carbocycles. The molecule has 0 heterocycles. The van der Waals surface area contributed by atoms with Crippen molar-refractivity contribution in [2.24, 2.45) is 0 Å². The van der Waals surface area contributed by atoms with Gasteiger partial charge in [-0.15, -0.1) is 11.6 Å². The van der Waals surface area contributed by atoms with Gasteiger partial charge in [-0.1, -0.05) is 24.3 Å². The molecule has 2 rings (SSSR count). The Hall–Kier alpha value is -0.820. The number of carbonyl (C=O) groups excluding carboxylic acids is 1. The van der Waals surface area contributed by atoms with Crippen LogP contribution in [0.25, 0.3) is 0 Å². The molecule has 2 atom stereocenters. The Morgan fingerprint density at radius 2 is 2.15 bits per heavy atom. The highest BCUT2D eigenvalue weighted by Gasteiger charge is 2.31. The van der Waals surface area contributed by atoms with Crippen LogP contribution in [0.2, 0.25) is 0 Å². The van der Waals surface area contributed by atoms with Crippen molar-refractivity contribution in [2.45, 2.75) is 24.6 Å². The summed E-state index contributed by atoms with van der Waals surface area (Å²) < 4.78 is 0. The van der Waals surface area contributed by atoms with Gasteiger partial charge in [0.2, 0.25) is 0 Å². The Labute approximate surface area is 82.7 Å². The van der Waals surface area contributed by atoms with Crippen molar-refractivity contribution in [1.82, 2.24) is 0 Å². The summed E-state index contributed by atoms with van der Waals surface area (Å²) in [6, 6.07) is 7.75. The first-order chi connectivity index (χ1) is 6.20. The minimum atomic E-state index is 0.0348. The van der Waals surface area contributed by atoms with E-state index in [0.717, 1.165) is 11.1 Å². The van der Waals surface area contributed by atoms with Crippen LogP contribution < -0.4 is 0 Å². The maximum absolute atomic E-state index is 11.5. The third-order valence-corrected chi connectivity index (χ3v) is 2.92. The molecule has 0 amide bonds. The van der Waals surface area contributed by atoms with Gasteiger partial charge in [0.25, 0.3) is 0 Å². The molecule has 0 fully saturated rings. The second kappa shape index (κ2) is 3.15. The van der Waals surface area contributed by atoms with E-state index in [2.05, 4.69) is 0 Å².